The summed E-state index contributed by atoms with van der Waals surface area (Å²) >= 11 is 4.27. The van der Waals surface area contributed by atoms with E-state index >= 15 is 0 Å². The van der Waals surface area contributed by atoms with Crippen LogP contribution in [-0.4, -0.2) is 11.1 Å². The van der Waals surface area contributed by atoms with E-state index in [1.807, 2.05) is 0 Å². The standard InChI is InChI=1S/C11H6BrFO3S/c12-8-2-1-6(13)3-9(8)16-7-4-10(11(14)15)17-5-7/h1-5H,(H,14,15). The molecule has 0 aliphatic heterocycles. The minimum absolute atomic E-state index is 0.174. The summed E-state index contributed by atoms with van der Waals surface area (Å²) < 4.78 is 19.0. The quantitative estimate of drug-likeness (QED) is 0.925. The molecule has 0 saturated carbocycles. The van der Waals surface area contributed by atoms with Crippen LogP contribution in [0.5, 0.6) is 11.5 Å². The van der Waals surface area contributed by atoms with Crippen molar-refractivity contribution in [1.82, 2.24) is 0 Å². The van der Waals surface area contributed by atoms with Gasteiger partial charge in [0.05, 0.1) is 4.47 Å². The number of carboxylic acids is 1. The molecule has 0 saturated heterocycles. The zero-order valence-electron chi connectivity index (χ0n) is 8.31. The number of hydrogen-bond donors (Lipinski definition) is 1. The van der Waals surface area contributed by atoms with Gasteiger partial charge in [0.15, 0.2) is 0 Å². The number of hydrogen-bond acceptors (Lipinski definition) is 3. The maximum absolute atomic E-state index is 13.0. The average Bonchev–Trinajstić information content (AvgIpc) is 2.72. The van der Waals surface area contributed by atoms with Crippen LogP contribution in [0, 0.1) is 5.82 Å². The van der Waals surface area contributed by atoms with Crippen molar-refractivity contribution in [2.24, 2.45) is 0 Å². The van der Waals surface area contributed by atoms with Crippen molar-refractivity contribution >= 4 is 33.2 Å². The van der Waals surface area contributed by atoms with E-state index in [-0.39, 0.29) is 4.88 Å². The Hall–Kier alpha value is -1.40. The van der Waals surface area contributed by atoms with E-state index in [2.05, 4.69) is 15.9 Å². The third-order valence-corrected chi connectivity index (χ3v) is 3.46. The summed E-state index contributed by atoms with van der Waals surface area (Å²) in [5, 5.41) is 10.3. The van der Waals surface area contributed by atoms with Gasteiger partial charge in [0.2, 0.25) is 0 Å². The molecular weight excluding hydrogens is 311 g/mol. The summed E-state index contributed by atoms with van der Waals surface area (Å²) in [6.07, 6.45) is 0. The number of halogens is 2. The van der Waals surface area contributed by atoms with Gasteiger partial charge in [0, 0.05) is 17.5 Å². The van der Waals surface area contributed by atoms with E-state index in [4.69, 9.17) is 9.84 Å². The predicted octanol–water partition coefficient (Wildman–Crippen LogP) is 4.14. The summed E-state index contributed by atoms with van der Waals surface area (Å²) in [6, 6.07) is 5.44. The molecule has 1 heterocycles. The van der Waals surface area contributed by atoms with Crippen LogP contribution in [-0.2, 0) is 0 Å². The molecule has 0 unspecified atom stereocenters. The van der Waals surface area contributed by atoms with Gasteiger partial charge in [-0.05, 0) is 28.1 Å². The first kappa shape index (κ1) is 12.1. The molecule has 3 nitrogen and oxygen atoms in total. The lowest BCUT2D eigenvalue weighted by atomic mass is 10.3. The molecule has 17 heavy (non-hydrogen) atoms. The predicted molar refractivity (Wildman–Crippen MR) is 65.5 cm³/mol. The highest BCUT2D eigenvalue weighted by Gasteiger charge is 2.10. The lowest BCUT2D eigenvalue weighted by molar-refractivity contribution is 0.0702. The van der Waals surface area contributed by atoms with Crippen molar-refractivity contribution in [1.29, 1.82) is 0 Å². The van der Waals surface area contributed by atoms with Crippen molar-refractivity contribution in [2.45, 2.75) is 0 Å². The van der Waals surface area contributed by atoms with Crippen LogP contribution in [0.2, 0.25) is 0 Å². The Bertz CT molecular complexity index is 568. The third-order valence-electron chi connectivity index (χ3n) is 1.91. The SMILES string of the molecule is O=C(O)c1cc(Oc2cc(F)ccc2Br)cs1. The highest BCUT2D eigenvalue weighted by Crippen LogP contribution is 2.32. The molecular formula is C11H6BrFO3S. The molecule has 0 amide bonds. The maximum atomic E-state index is 13.0. The Morgan fingerprint density at radius 3 is 2.82 bits per heavy atom. The van der Waals surface area contributed by atoms with Crippen LogP contribution in [0.3, 0.4) is 0 Å². The number of ether oxygens (including phenoxy) is 1. The monoisotopic (exact) mass is 316 g/mol. The van der Waals surface area contributed by atoms with E-state index in [1.165, 1.54) is 24.3 Å². The molecule has 0 bridgehead atoms. The summed E-state index contributed by atoms with van der Waals surface area (Å²) in [4.78, 5) is 10.8. The van der Waals surface area contributed by atoms with Crippen LogP contribution in [0.25, 0.3) is 0 Å². The number of benzene rings is 1. The fourth-order valence-electron chi connectivity index (χ4n) is 1.17. The van der Waals surface area contributed by atoms with Gasteiger partial charge in [-0.3, -0.25) is 0 Å². The minimum atomic E-state index is -1.01. The van der Waals surface area contributed by atoms with E-state index in [0.29, 0.717) is 16.0 Å². The molecule has 1 aromatic heterocycles. The molecule has 0 aliphatic carbocycles. The molecule has 1 N–H and O–H groups in total. The number of rotatable bonds is 3. The van der Waals surface area contributed by atoms with Crippen LogP contribution in [0.1, 0.15) is 9.67 Å². The van der Waals surface area contributed by atoms with E-state index in [9.17, 15) is 9.18 Å². The second kappa shape index (κ2) is 4.85. The first-order valence-electron chi connectivity index (χ1n) is 4.51. The Morgan fingerprint density at radius 2 is 2.18 bits per heavy atom. The molecule has 0 atom stereocenters. The molecule has 0 fully saturated rings. The van der Waals surface area contributed by atoms with Crippen LogP contribution in [0.15, 0.2) is 34.1 Å². The molecule has 0 aliphatic rings. The van der Waals surface area contributed by atoms with Crippen LogP contribution in [0.4, 0.5) is 4.39 Å². The van der Waals surface area contributed by atoms with Crippen molar-refractivity contribution in [3.8, 4) is 11.5 Å². The van der Waals surface area contributed by atoms with Crippen molar-refractivity contribution in [3.05, 3.63) is 44.8 Å². The number of carboxylic acid groups (broad SMARTS) is 1. The van der Waals surface area contributed by atoms with Gasteiger partial charge in [0.25, 0.3) is 0 Å². The molecule has 2 aromatic rings. The number of thiophene rings is 1. The summed E-state index contributed by atoms with van der Waals surface area (Å²) in [7, 11) is 0. The van der Waals surface area contributed by atoms with E-state index in [0.717, 1.165) is 11.3 Å². The van der Waals surface area contributed by atoms with Gasteiger partial charge in [-0.25, -0.2) is 9.18 Å². The molecule has 0 radical (unpaired) electrons. The van der Waals surface area contributed by atoms with Crippen molar-refractivity contribution < 1.29 is 19.0 Å². The normalized spacial score (nSPS) is 10.2. The van der Waals surface area contributed by atoms with Crippen molar-refractivity contribution in [3.63, 3.8) is 0 Å². The van der Waals surface area contributed by atoms with Gasteiger partial charge >= 0.3 is 5.97 Å². The van der Waals surface area contributed by atoms with Crippen LogP contribution >= 0.6 is 27.3 Å². The third kappa shape index (κ3) is 2.83. The fourth-order valence-corrected chi connectivity index (χ4v) is 2.14. The Kier molecular flexibility index (Phi) is 3.44. The summed E-state index contributed by atoms with van der Waals surface area (Å²) in [5.41, 5.74) is 0. The minimum Gasteiger partial charge on any atom is -0.477 e. The van der Waals surface area contributed by atoms with Crippen molar-refractivity contribution in [2.75, 3.05) is 0 Å². The summed E-state index contributed by atoms with van der Waals surface area (Å²) in [6.45, 7) is 0. The average molecular weight is 317 g/mol. The fraction of sp³-hybridized carbons (Fsp3) is 0. The second-order valence-corrected chi connectivity index (χ2v) is 4.89. The topological polar surface area (TPSA) is 46.5 Å². The highest BCUT2D eigenvalue weighted by atomic mass is 79.9. The Morgan fingerprint density at radius 1 is 1.41 bits per heavy atom. The smallest absolute Gasteiger partial charge is 0.346 e. The van der Waals surface area contributed by atoms with Gasteiger partial charge in [-0.2, -0.15) is 0 Å². The zero-order chi connectivity index (χ0) is 12.4. The van der Waals surface area contributed by atoms with E-state index < -0.39 is 11.8 Å². The highest BCUT2D eigenvalue weighted by molar-refractivity contribution is 9.10. The largest absolute Gasteiger partial charge is 0.477 e. The van der Waals surface area contributed by atoms with E-state index in [1.54, 1.807) is 5.38 Å². The van der Waals surface area contributed by atoms with Gasteiger partial charge < -0.3 is 9.84 Å². The summed E-state index contributed by atoms with van der Waals surface area (Å²) in [5.74, 6) is -0.751. The maximum Gasteiger partial charge on any atom is 0.346 e. The number of aromatic carboxylic acids is 1. The Labute approximate surface area is 109 Å². The first-order chi connectivity index (χ1) is 8.06. The number of carbonyl (C=O) groups is 1. The van der Waals surface area contributed by atoms with Crippen LogP contribution < -0.4 is 4.74 Å². The van der Waals surface area contributed by atoms with Gasteiger partial charge in [0.1, 0.15) is 22.2 Å². The van der Waals surface area contributed by atoms with Gasteiger partial charge in [-0.15, -0.1) is 11.3 Å². The Balaban J connectivity index is 2.25. The molecule has 2 rings (SSSR count). The molecule has 6 heteroatoms. The lowest BCUT2D eigenvalue weighted by Crippen LogP contribution is -1.90. The van der Waals surface area contributed by atoms with Gasteiger partial charge in [-0.1, -0.05) is 0 Å². The molecule has 0 spiro atoms. The second-order valence-electron chi connectivity index (χ2n) is 3.13. The molecule has 1 aromatic carbocycles. The lowest BCUT2D eigenvalue weighted by Gasteiger charge is -2.05. The molecule has 88 valence electrons. The first-order valence-corrected chi connectivity index (χ1v) is 6.18. The zero-order valence-corrected chi connectivity index (χ0v) is 10.7.